The molecular formula is C22H28F3N3O2. The third-order valence-corrected chi connectivity index (χ3v) is 5.66. The number of halogens is 3. The highest BCUT2D eigenvalue weighted by molar-refractivity contribution is 5.91. The minimum absolute atomic E-state index is 0.166. The maximum Gasteiger partial charge on any atom is 0.416 e. The average Bonchev–Trinajstić information content (AvgIpc) is 3.02. The van der Waals surface area contributed by atoms with Crippen molar-refractivity contribution in [1.29, 1.82) is 0 Å². The molecule has 0 saturated carbocycles. The van der Waals surface area contributed by atoms with E-state index in [1.165, 1.54) is 37.1 Å². The van der Waals surface area contributed by atoms with Crippen LogP contribution in [0.1, 0.15) is 36.8 Å². The summed E-state index contributed by atoms with van der Waals surface area (Å²) in [6.45, 7) is 4.41. The fraction of sp³-hybridized carbons (Fsp3) is 0.545. The highest BCUT2D eigenvalue weighted by Gasteiger charge is 2.30. The summed E-state index contributed by atoms with van der Waals surface area (Å²) < 4.78 is 37.8. The van der Waals surface area contributed by atoms with Crippen LogP contribution in [0.3, 0.4) is 0 Å². The molecule has 0 aliphatic carbocycles. The molecule has 0 atom stereocenters. The topological polar surface area (TPSA) is 43.9 Å². The molecule has 1 aromatic carbocycles. The number of alkyl halides is 3. The second-order valence-corrected chi connectivity index (χ2v) is 7.85. The van der Waals surface area contributed by atoms with E-state index in [1.807, 2.05) is 4.90 Å². The number of likely N-dealkylation sites (tertiary alicyclic amines) is 1. The lowest BCUT2D eigenvalue weighted by molar-refractivity contribution is -0.137. The first kappa shape index (κ1) is 22.3. The van der Waals surface area contributed by atoms with Gasteiger partial charge in [0.05, 0.1) is 12.1 Å². The molecule has 5 nitrogen and oxygen atoms in total. The van der Waals surface area contributed by atoms with Crippen LogP contribution in [0.25, 0.3) is 6.08 Å². The molecule has 0 radical (unpaired) electrons. The van der Waals surface area contributed by atoms with Crippen molar-refractivity contribution in [3.63, 3.8) is 0 Å². The third kappa shape index (κ3) is 6.32. The predicted octanol–water partition coefficient (Wildman–Crippen LogP) is 3.27. The summed E-state index contributed by atoms with van der Waals surface area (Å²) in [6.07, 6.45) is 3.05. The Bertz CT molecular complexity index is 746. The van der Waals surface area contributed by atoms with Gasteiger partial charge in [-0.1, -0.05) is 25.0 Å². The molecule has 0 unspecified atom stereocenters. The van der Waals surface area contributed by atoms with Gasteiger partial charge in [0.2, 0.25) is 11.8 Å². The van der Waals surface area contributed by atoms with Crippen molar-refractivity contribution in [3.8, 4) is 0 Å². The lowest BCUT2D eigenvalue weighted by Gasteiger charge is -2.34. The van der Waals surface area contributed by atoms with Gasteiger partial charge in [0.1, 0.15) is 0 Å². The molecule has 1 aromatic rings. The van der Waals surface area contributed by atoms with Gasteiger partial charge in [0.25, 0.3) is 0 Å². The summed E-state index contributed by atoms with van der Waals surface area (Å²) in [7, 11) is 0. The summed E-state index contributed by atoms with van der Waals surface area (Å²) in [5.74, 6) is -0.00716. The van der Waals surface area contributed by atoms with Crippen LogP contribution in [0.15, 0.2) is 30.3 Å². The van der Waals surface area contributed by atoms with E-state index in [4.69, 9.17) is 0 Å². The third-order valence-electron chi connectivity index (χ3n) is 5.66. The van der Waals surface area contributed by atoms with Gasteiger partial charge in [-0.3, -0.25) is 14.5 Å². The Kier molecular flexibility index (Phi) is 7.53. The van der Waals surface area contributed by atoms with Crippen molar-refractivity contribution in [2.24, 2.45) is 0 Å². The lowest BCUT2D eigenvalue weighted by atomic mass is 10.1. The van der Waals surface area contributed by atoms with E-state index in [0.29, 0.717) is 38.3 Å². The number of nitrogens with zero attached hydrogens (tertiary/aromatic N) is 3. The van der Waals surface area contributed by atoms with Crippen LogP contribution in [0.5, 0.6) is 0 Å². The Balaban J connectivity index is 1.44. The minimum atomic E-state index is -4.37. The van der Waals surface area contributed by atoms with Crippen molar-refractivity contribution in [2.75, 3.05) is 45.8 Å². The molecule has 30 heavy (non-hydrogen) atoms. The first-order chi connectivity index (χ1) is 14.3. The first-order valence-corrected chi connectivity index (χ1v) is 10.5. The van der Waals surface area contributed by atoms with Crippen molar-refractivity contribution in [2.45, 2.75) is 31.9 Å². The van der Waals surface area contributed by atoms with E-state index >= 15 is 0 Å². The molecule has 0 N–H and O–H groups in total. The summed E-state index contributed by atoms with van der Waals surface area (Å²) in [5.41, 5.74) is -0.171. The quantitative estimate of drug-likeness (QED) is 0.699. The summed E-state index contributed by atoms with van der Waals surface area (Å²) in [6, 6.07) is 4.70. The molecule has 3 rings (SSSR count). The Morgan fingerprint density at radius 1 is 0.833 bits per heavy atom. The van der Waals surface area contributed by atoms with E-state index < -0.39 is 11.7 Å². The molecule has 2 amide bonds. The molecule has 0 spiro atoms. The van der Waals surface area contributed by atoms with E-state index in [1.54, 1.807) is 4.90 Å². The number of piperazine rings is 1. The van der Waals surface area contributed by atoms with Crippen LogP contribution in [0, 0.1) is 0 Å². The minimum Gasteiger partial charge on any atom is -0.342 e. The Hall–Kier alpha value is -2.35. The SMILES string of the molecule is O=C(/C=C/c1ccc(C(F)(F)F)cc1)N1CCN(CC(=O)N2CCCCCC2)CC1. The molecule has 164 valence electrons. The summed E-state index contributed by atoms with van der Waals surface area (Å²) in [5, 5.41) is 0. The van der Waals surface area contributed by atoms with Gasteiger partial charge in [-0.05, 0) is 36.6 Å². The normalized spacial score (nSPS) is 19.2. The van der Waals surface area contributed by atoms with Gasteiger partial charge in [0.15, 0.2) is 0 Å². The molecule has 2 aliphatic heterocycles. The fourth-order valence-electron chi connectivity index (χ4n) is 3.79. The molecule has 0 aromatic heterocycles. The fourth-order valence-corrected chi connectivity index (χ4v) is 3.79. The van der Waals surface area contributed by atoms with Gasteiger partial charge in [0, 0.05) is 45.3 Å². The summed E-state index contributed by atoms with van der Waals surface area (Å²) in [4.78, 5) is 30.6. The molecule has 0 bridgehead atoms. The highest BCUT2D eigenvalue weighted by Crippen LogP contribution is 2.29. The zero-order valence-electron chi connectivity index (χ0n) is 17.0. The van der Waals surface area contributed by atoms with Crippen LogP contribution >= 0.6 is 0 Å². The highest BCUT2D eigenvalue weighted by atomic mass is 19.4. The number of hydrogen-bond donors (Lipinski definition) is 0. The number of carbonyl (C=O) groups excluding carboxylic acids is 2. The van der Waals surface area contributed by atoms with E-state index in [9.17, 15) is 22.8 Å². The average molecular weight is 423 g/mol. The maximum absolute atomic E-state index is 12.6. The standard InChI is InChI=1S/C22H28F3N3O2/c23-22(24,25)19-8-5-18(6-9-19)7-10-20(29)28-15-13-26(14-16-28)17-21(30)27-11-3-1-2-4-12-27/h5-10H,1-4,11-17H2/b10-7+. The molecule has 2 saturated heterocycles. The van der Waals surface area contributed by atoms with Crippen molar-refractivity contribution < 1.29 is 22.8 Å². The number of hydrogen-bond acceptors (Lipinski definition) is 3. The lowest BCUT2D eigenvalue weighted by Crippen LogP contribution is -2.51. The Labute approximate surface area is 175 Å². The van der Waals surface area contributed by atoms with Gasteiger partial charge in [-0.15, -0.1) is 0 Å². The monoisotopic (exact) mass is 423 g/mol. The van der Waals surface area contributed by atoms with Crippen LogP contribution < -0.4 is 0 Å². The van der Waals surface area contributed by atoms with Gasteiger partial charge < -0.3 is 9.80 Å². The smallest absolute Gasteiger partial charge is 0.342 e. The van der Waals surface area contributed by atoms with Crippen LogP contribution in [0.4, 0.5) is 13.2 Å². The second-order valence-electron chi connectivity index (χ2n) is 7.85. The molecule has 8 heteroatoms. The largest absolute Gasteiger partial charge is 0.416 e. The Morgan fingerprint density at radius 2 is 1.43 bits per heavy atom. The number of carbonyl (C=O) groups is 2. The van der Waals surface area contributed by atoms with Crippen molar-refractivity contribution in [3.05, 3.63) is 41.5 Å². The van der Waals surface area contributed by atoms with Crippen molar-refractivity contribution >= 4 is 17.9 Å². The molecular weight excluding hydrogens is 395 g/mol. The van der Waals surface area contributed by atoms with Gasteiger partial charge in [-0.2, -0.15) is 13.2 Å². The van der Waals surface area contributed by atoms with Crippen molar-refractivity contribution in [1.82, 2.24) is 14.7 Å². The number of rotatable bonds is 4. The number of benzene rings is 1. The Morgan fingerprint density at radius 3 is 2.00 bits per heavy atom. The maximum atomic E-state index is 12.6. The zero-order chi connectivity index (χ0) is 21.6. The molecule has 2 fully saturated rings. The second kappa shape index (κ2) is 10.1. The van der Waals surface area contributed by atoms with E-state index in [0.717, 1.165) is 38.1 Å². The van der Waals surface area contributed by atoms with Gasteiger partial charge in [-0.25, -0.2) is 0 Å². The first-order valence-electron chi connectivity index (χ1n) is 10.5. The zero-order valence-corrected chi connectivity index (χ0v) is 17.0. The van der Waals surface area contributed by atoms with E-state index in [2.05, 4.69) is 4.90 Å². The number of amides is 2. The predicted molar refractivity (Wildman–Crippen MR) is 109 cm³/mol. The summed E-state index contributed by atoms with van der Waals surface area (Å²) >= 11 is 0. The van der Waals surface area contributed by atoms with Gasteiger partial charge >= 0.3 is 6.18 Å². The van der Waals surface area contributed by atoms with Crippen LogP contribution in [0.2, 0.25) is 0 Å². The van der Waals surface area contributed by atoms with E-state index in [-0.39, 0.29) is 11.8 Å². The van der Waals surface area contributed by atoms with Crippen LogP contribution in [-0.2, 0) is 15.8 Å². The molecule has 2 heterocycles. The van der Waals surface area contributed by atoms with Crippen LogP contribution in [-0.4, -0.2) is 72.3 Å². The molecule has 2 aliphatic rings.